The van der Waals surface area contributed by atoms with Crippen LogP contribution in [0.3, 0.4) is 0 Å². The molecule has 0 radical (unpaired) electrons. The van der Waals surface area contributed by atoms with E-state index in [0.29, 0.717) is 0 Å². The van der Waals surface area contributed by atoms with Crippen LogP contribution in [0.5, 0.6) is 0 Å². The van der Waals surface area contributed by atoms with Crippen LogP contribution < -0.4 is 10.6 Å². The first-order chi connectivity index (χ1) is 8.10. The van der Waals surface area contributed by atoms with Crippen LogP contribution in [0.1, 0.15) is 17.7 Å². The van der Waals surface area contributed by atoms with E-state index in [1.807, 2.05) is 19.1 Å². The van der Waals surface area contributed by atoms with E-state index in [-0.39, 0.29) is 11.9 Å². The van der Waals surface area contributed by atoms with Crippen LogP contribution in [-0.4, -0.2) is 37.1 Å². The number of nitrogen functional groups attached to an aromatic ring is 1. The number of nitrogens with zero attached hydrogens (tertiary/aromatic N) is 2. The van der Waals surface area contributed by atoms with E-state index in [1.54, 1.807) is 7.11 Å². The fourth-order valence-corrected chi connectivity index (χ4v) is 2.10. The Labute approximate surface area is 101 Å². The van der Waals surface area contributed by atoms with Gasteiger partial charge in [0.25, 0.3) is 0 Å². The molecular formula is C12H18N4O. The van der Waals surface area contributed by atoms with Crippen molar-refractivity contribution in [2.24, 2.45) is 5.73 Å². The first-order valence-electron chi connectivity index (χ1n) is 5.71. The topological polar surface area (TPSA) is 75.2 Å². The van der Waals surface area contributed by atoms with Gasteiger partial charge in [0, 0.05) is 31.5 Å². The number of aryl methyl sites for hydroxylation is 1. The predicted octanol–water partition coefficient (Wildman–Crippen LogP) is 0.899. The third kappa shape index (κ3) is 2.55. The molecule has 1 aliphatic heterocycles. The molecule has 0 amide bonds. The van der Waals surface area contributed by atoms with Gasteiger partial charge in [-0.15, -0.1) is 0 Å². The number of aromatic nitrogens is 1. The molecule has 92 valence electrons. The Kier molecular flexibility index (Phi) is 3.28. The number of rotatable bonds is 3. The van der Waals surface area contributed by atoms with E-state index in [2.05, 4.69) is 9.88 Å². The Balaban J connectivity index is 2.24. The second-order valence-electron chi connectivity index (χ2n) is 4.36. The highest BCUT2D eigenvalue weighted by Crippen LogP contribution is 2.21. The number of ether oxygens (including phenoxy) is 1. The molecule has 5 nitrogen and oxygen atoms in total. The molecule has 1 aromatic rings. The van der Waals surface area contributed by atoms with Gasteiger partial charge in [0.15, 0.2) is 0 Å². The molecule has 0 saturated carbocycles. The maximum Gasteiger partial charge on any atom is 0.129 e. The molecule has 2 heterocycles. The Hall–Kier alpha value is -1.62. The van der Waals surface area contributed by atoms with Gasteiger partial charge in [-0.2, -0.15) is 0 Å². The van der Waals surface area contributed by atoms with Gasteiger partial charge in [-0.05, 0) is 25.5 Å². The zero-order valence-corrected chi connectivity index (χ0v) is 10.2. The lowest BCUT2D eigenvalue weighted by atomic mass is 10.2. The number of nitrogens with one attached hydrogen (secondary N) is 1. The normalized spacial score (nSPS) is 19.6. The number of pyridine rings is 1. The van der Waals surface area contributed by atoms with Gasteiger partial charge in [0.2, 0.25) is 0 Å². The summed E-state index contributed by atoms with van der Waals surface area (Å²) in [6.45, 7) is 3.70. The Morgan fingerprint density at radius 2 is 2.35 bits per heavy atom. The van der Waals surface area contributed by atoms with Gasteiger partial charge in [-0.25, -0.2) is 4.98 Å². The molecule has 1 fully saturated rings. The summed E-state index contributed by atoms with van der Waals surface area (Å²) in [6.07, 6.45) is 1.29. The van der Waals surface area contributed by atoms with E-state index in [0.717, 1.165) is 36.6 Å². The van der Waals surface area contributed by atoms with Crippen molar-refractivity contribution >= 4 is 11.7 Å². The van der Waals surface area contributed by atoms with E-state index in [9.17, 15) is 0 Å². The molecule has 0 spiro atoms. The summed E-state index contributed by atoms with van der Waals surface area (Å²) in [6, 6.07) is 3.70. The largest absolute Gasteiger partial charge is 0.384 e. The van der Waals surface area contributed by atoms with Crippen molar-refractivity contribution in [3.63, 3.8) is 0 Å². The lowest BCUT2D eigenvalue weighted by molar-refractivity contribution is 0.121. The molecule has 5 heteroatoms. The van der Waals surface area contributed by atoms with Crippen LogP contribution in [0.4, 0.5) is 5.82 Å². The number of hydrogen-bond donors (Lipinski definition) is 2. The van der Waals surface area contributed by atoms with Crippen molar-refractivity contribution in [1.82, 2.24) is 4.98 Å². The van der Waals surface area contributed by atoms with E-state index < -0.39 is 0 Å². The summed E-state index contributed by atoms with van der Waals surface area (Å²) in [4.78, 5) is 6.66. The molecule has 17 heavy (non-hydrogen) atoms. The van der Waals surface area contributed by atoms with Crippen LogP contribution >= 0.6 is 0 Å². The first-order valence-corrected chi connectivity index (χ1v) is 5.71. The molecule has 1 saturated heterocycles. The lowest BCUT2D eigenvalue weighted by Crippen LogP contribution is -2.24. The third-order valence-electron chi connectivity index (χ3n) is 3.05. The SMILES string of the molecule is COC1CCN(c2cc(C(=N)N)cc(C)n2)C1. The van der Waals surface area contributed by atoms with Crippen molar-refractivity contribution in [1.29, 1.82) is 5.41 Å². The third-order valence-corrected chi connectivity index (χ3v) is 3.05. The lowest BCUT2D eigenvalue weighted by Gasteiger charge is -2.18. The second-order valence-corrected chi connectivity index (χ2v) is 4.36. The maximum atomic E-state index is 7.48. The average Bonchev–Trinajstić information content (AvgIpc) is 2.76. The van der Waals surface area contributed by atoms with Crippen LogP contribution in [0.15, 0.2) is 12.1 Å². The van der Waals surface area contributed by atoms with Crippen molar-refractivity contribution in [3.8, 4) is 0 Å². The minimum Gasteiger partial charge on any atom is -0.384 e. The highest BCUT2D eigenvalue weighted by molar-refractivity contribution is 5.95. The Morgan fingerprint density at radius 1 is 1.59 bits per heavy atom. The first kappa shape index (κ1) is 11.9. The summed E-state index contributed by atoms with van der Waals surface area (Å²) < 4.78 is 5.33. The highest BCUT2D eigenvalue weighted by Gasteiger charge is 2.23. The minimum atomic E-state index is 0.0826. The highest BCUT2D eigenvalue weighted by atomic mass is 16.5. The minimum absolute atomic E-state index is 0.0826. The molecule has 0 aromatic carbocycles. The van der Waals surface area contributed by atoms with Gasteiger partial charge in [-0.3, -0.25) is 5.41 Å². The molecule has 3 N–H and O–H groups in total. The average molecular weight is 234 g/mol. The fraction of sp³-hybridized carbons (Fsp3) is 0.500. The molecule has 0 aliphatic carbocycles. The van der Waals surface area contributed by atoms with E-state index in [4.69, 9.17) is 15.9 Å². The van der Waals surface area contributed by atoms with Gasteiger partial charge in [-0.1, -0.05) is 0 Å². The van der Waals surface area contributed by atoms with Crippen LogP contribution in [0.2, 0.25) is 0 Å². The van der Waals surface area contributed by atoms with Crippen molar-refractivity contribution < 1.29 is 4.74 Å². The summed E-state index contributed by atoms with van der Waals surface area (Å²) in [5, 5.41) is 7.48. The molecule has 0 bridgehead atoms. The maximum absolute atomic E-state index is 7.48. The van der Waals surface area contributed by atoms with Gasteiger partial charge in [0.1, 0.15) is 11.7 Å². The van der Waals surface area contributed by atoms with Gasteiger partial charge < -0.3 is 15.4 Å². The van der Waals surface area contributed by atoms with Crippen molar-refractivity contribution in [3.05, 3.63) is 23.4 Å². The zero-order valence-electron chi connectivity index (χ0n) is 10.2. The number of hydrogen-bond acceptors (Lipinski definition) is 4. The molecule has 1 atom stereocenters. The summed E-state index contributed by atoms with van der Waals surface area (Å²) >= 11 is 0. The van der Waals surface area contributed by atoms with E-state index >= 15 is 0 Å². The molecule has 1 unspecified atom stereocenters. The molecular weight excluding hydrogens is 216 g/mol. The monoisotopic (exact) mass is 234 g/mol. The second kappa shape index (κ2) is 4.71. The number of amidine groups is 1. The van der Waals surface area contributed by atoms with Gasteiger partial charge >= 0.3 is 0 Å². The Bertz CT molecular complexity index is 433. The smallest absolute Gasteiger partial charge is 0.129 e. The van der Waals surface area contributed by atoms with E-state index in [1.165, 1.54) is 0 Å². The summed E-state index contributed by atoms with van der Waals surface area (Å²) in [5.41, 5.74) is 7.13. The fourth-order valence-electron chi connectivity index (χ4n) is 2.10. The van der Waals surface area contributed by atoms with Crippen molar-refractivity contribution in [2.75, 3.05) is 25.1 Å². The van der Waals surface area contributed by atoms with Crippen molar-refractivity contribution in [2.45, 2.75) is 19.4 Å². The molecule has 1 aliphatic rings. The predicted molar refractivity (Wildman–Crippen MR) is 67.6 cm³/mol. The number of nitrogens with two attached hydrogens (primary N) is 1. The summed E-state index contributed by atoms with van der Waals surface area (Å²) in [7, 11) is 1.73. The van der Waals surface area contributed by atoms with Crippen LogP contribution in [0, 0.1) is 12.3 Å². The molecule has 2 rings (SSSR count). The zero-order chi connectivity index (χ0) is 12.4. The number of methoxy groups -OCH3 is 1. The molecule has 1 aromatic heterocycles. The Morgan fingerprint density at radius 3 is 2.94 bits per heavy atom. The quantitative estimate of drug-likeness (QED) is 0.602. The number of anilines is 1. The summed E-state index contributed by atoms with van der Waals surface area (Å²) in [5.74, 6) is 0.967. The van der Waals surface area contributed by atoms with Gasteiger partial charge in [0.05, 0.1) is 6.10 Å². The standard InChI is InChI=1S/C12H18N4O/c1-8-5-9(12(13)14)6-11(15-8)16-4-3-10(7-16)17-2/h5-6,10H,3-4,7H2,1-2H3,(H3,13,14). The van der Waals surface area contributed by atoms with Crippen LogP contribution in [0.25, 0.3) is 0 Å². The van der Waals surface area contributed by atoms with Crippen LogP contribution in [-0.2, 0) is 4.74 Å².